The zero-order valence-electron chi connectivity index (χ0n) is 23.8. The highest BCUT2D eigenvalue weighted by Gasteiger charge is 2.43. The minimum atomic E-state index is -2.63. The van der Waals surface area contributed by atoms with Crippen molar-refractivity contribution in [3.8, 4) is 17.1 Å². The van der Waals surface area contributed by atoms with Gasteiger partial charge in [-0.15, -0.1) is 0 Å². The van der Waals surface area contributed by atoms with Crippen molar-refractivity contribution in [3.63, 3.8) is 0 Å². The van der Waals surface area contributed by atoms with E-state index in [1.165, 1.54) is 6.08 Å². The molecule has 2 fully saturated rings. The number of H-pyrrole nitrogens is 1. The number of hydrogen-bond donors (Lipinski definition) is 1. The van der Waals surface area contributed by atoms with E-state index in [-0.39, 0.29) is 53.8 Å². The zero-order valence-corrected chi connectivity index (χ0v) is 24.6. The molecule has 13 heteroatoms. The van der Waals surface area contributed by atoms with Gasteiger partial charge in [0.1, 0.15) is 11.3 Å². The predicted octanol–water partition coefficient (Wildman–Crippen LogP) is 5.22. The number of alkyl halides is 2. The van der Waals surface area contributed by atoms with Crippen LogP contribution in [0.2, 0.25) is 5.02 Å². The van der Waals surface area contributed by atoms with Crippen molar-refractivity contribution in [2.75, 3.05) is 50.8 Å². The second kappa shape index (κ2) is 11.3. The summed E-state index contributed by atoms with van der Waals surface area (Å²) in [6.45, 7) is 8.76. The summed E-state index contributed by atoms with van der Waals surface area (Å²) >= 11 is 6.82. The number of benzene rings is 2. The molecule has 43 heavy (non-hydrogen) atoms. The molecular weight excluding hydrogens is 583 g/mol. The van der Waals surface area contributed by atoms with Crippen molar-refractivity contribution in [3.05, 3.63) is 53.5 Å². The van der Waals surface area contributed by atoms with Crippen molar-refractivity contribution in [1.29, 1.82) is 0 Å². The van der Waals surface area contributed by atoms with Gasteiger partial charge in [0.2, 0.25) is 5.91 Å². The third-order valence-electron chi connectivity index (χ3n) is 8.07. The summed E-state index contributed by atoms with van der Waals surface area (Å²) in [5.41, 5.74) is 2.40. The molecule has 6 rings (SSSR count). The van der Waals surface area contributed by atoms with Crippen LogP contribution in [0.5, 0.6) is 6.01 Å². The number of carbonyl (C=O) groups is 1. The van der Waals surface area contributed by atoms with Gasteiger partial charge in [-0.25, -0.2) is 13.2 Å². The van der Waals surface area contributed by atoms with Gasteiger partial charge in [0, 0.05) is 54.1 Å². The molecule has 4 aromatic rings. The van der Waals surface area contributed by atoms with Crippen molar-refractivity contribution < 1.29 is 22.7 Å². The highest BCUT2D eigenvalue weighted by Crippen LogP contribution is 2.42. The van der Waals surface area contributed by atoms with Crippen molar-refractivity contribution in [2.24, 2.45) is 0 Å². The molecule has 1 atom stereocenters. The van der Waals surface area contributed by atoms with Gasteiger partial charge < -0.3 is 14.5 Å². The monoisotopic (exact) mass is 613 g/mol. The van der Waals surface area contributed by atoms with Gasteiger partial charge in [-0.05, 0) is 44.0 Å². The number of amides is 1. The number of likely N-dealkylation sites (tertiary alicyclic amines) is 1. The van der Waals surface area contributed by atoms with Gasteiger partial charge in [0.05, 0.1) is 36.4 Å². The summed E-state index contributed by atoms with van der Waals surface area (Å²) in [6, 6.07) is 5.22. The van der Waals surface area contributed by atoms with E-state index in [0.29, 0.717) is 49.4 Å². The van der Waals surface area contributed by atoms with Gasteiger partial charge in [0.15, 0.2) is 5.82 Å². The van der Waals surface area contributed by atoms with E-state index in [0.717, 1.165) is 16.5 Å². The average molecular weight is 614 g/mol. The van der Waals surface area contributed by atoms with Crippen molar-refractivity contribution in [2.45, 2.75) is 32.2 Å². The average Bonchev–Trinajstić information content (AvgIpc) is 3.44. The number of aryl methyl sites for hydroxylation is 1. The van der Waals surface area contributed by atoms with Crippen LogP contribution in [0.15, 0.2) is 37.1 Å². The summed E-state index contributed by atoms with van der Waals surface area (Å²) in [6.07, 6.45) is 3.40. The maximum Gasteiger partial charge on any atom is 0.319 e. The first-order chi connectivity index (χ1) is 20.6. The lowest BCUT2D eigenvalue weighted by Gasteiger charge is -2.40. The molecule has 2 aromatic heterocycles. The van der Waals surface area contributed by atoms with Crippen molar-refractivity contribution in [1.82, 2.24) is 30.0 Å². The van der Waals surface area contributed by atoms with E-state index in [1.54, 1.807) is 22.1 Å². The number of carbonyl (C=O) groups excluding carboxylic acids is 1. The first-order valence-electron chi connectivity index (χ1n) is 14.1. The smallest absolute Gasteiger partial charge is 0.319 e. The Kier molecular flexibility index (Phi) is 7.67. The molecular formula is C30H31ClF3N7O2. The first kappa shape index (κ1) is 29.2. The Hall–Kier alpha value is -3.90. The van der Waals surface area contributed by atoms with Crippen LogP contribution in [0.25, 0.3) is 32.9 Å². The van der Waals surface area contributed by atoms with Gasteiger partial charge in [0.25, 0.3) is 5.92 Å². The molecule has 0 spiro atoms. The molecule has 1 N–H and O–H groups in total. The largest absolute Gasteiger partial charge is 0.463 e. The van der Waals surface area contributed by atoms with E-state index >= 15 is 4.39 Å². The topological polar surface area (TPSA) is 90.5 Å². The van der Waals surface area contributed by atoms with E-state index in [4.69, 9.17) is 16.3 Å². The number of halogens is 4. The molecule has 0 bridgehead atoms. The predicted molar refractivity (Wildman–Crippen MR) is 159 cm³/mol. The maximum atomic E-state index is 16.6. The molecule has 2 saturated heterocycles. The number of fused-ring (bicyclic) bond motifs is 2. The summed E-state index contributed by atoms with van der Waals surface area (Å²) in [5.74, 6) is -2.98. The number of rotatable bonds is 8. The quantitative estimate of drug-likeness (QED) is 0.215. The Morgan fingerprint density at radius 1 is 1.23 bits per heavy atom. The minimum Gasteiger partial charge on any atom is -0.463 e. The molecule has 4 heterocycles. The number of ether oxygens (including phenoxy) is 1. The number of anilines is 1. The maximum absolute atomic E-state index is 16.6. The van der Waals surface area contributed by atoms with Gasteiger partial charge in [-0.2, -0.15) is 15.1 Å². The van der Waals surface area contributed by atoms with E-state index < -0.39 is 11.7 Å². The number of hydrogen-bond acceptors (Lipinski definition) is 7. The van der Waals surface area contributed by atoms with Crippen LogP contribution in [-0.4, -0.2) is 93.7 Å². The molecule has 226 valence electrons. The highest BCUT2D eigenvalue weighted by atomic mass is 35.5. The molecule has 1 amide bonds. The summed E-state index contributed by atoms with van der Waals surface area (Å²) in [7, 11) is 0. The third kappa shape index (κ3) is 5.49. The Morgan fingerprint density at radius 2 is 2.02 bits per heavy atom. The number of aromatic amines is 1. The second-order valence-electron chi connectivity index (χ2n) is 11.2. The Morgan fingerprint density at radius 3 is 2.74 bits per heavy atom. The Bertz CT molecular complexity index is 1720. The molecule has 0 aliphatic carbocycles. The lowest BCUT2D eigenvalue weighted by atomic mass is 9.95. The summed E-state index contributed by atoms with van der Waals surface area (Å²) < 4.78 is 48.9. The van der Waals surface area contributed by atoms with Crippen LogP contribution in [0.3, 0.4) is 0 Å². The van der Waals surface area contributed by atoms with E-state index in [1.807, 2.05) is 30.9 Å². The molecule has 2 aromatic carbocycles. The number of nitrogens with one attached hydrogen (secondary N) is 1. The van der Waals surface area contributed by atoms with Crippen LogP contribution >= 0.6 is 11.6 Å². The normalized spacial score (nSPS) is 18.7. The van der Waals surface area contributed by atoms with E-state index in [2.05, 4.69) is 26.7 Å². The fourth-order valence-corrected chi connectivity index (χ4v) is 6.25. The first-order valence-corrected chi connectivity index (χ1v) is 14.5. The summed E-state index contributed by atoms with van der Waals surface area (Å²) in [5, 5.41) is 8.37. The van der Waals surface area contributed by atoms with Crippen LogP contribution in [-0.2, 0) is 4.79 Å². The molecule has 0 saturated carbocycles. The highest BCUT2D eigenvalue weighted by molar-refractivity contribution is 6.35. The van der Waals surface area contributed by atoms with Crippen LogP contribution in [0.4, 0.5) is 19.0 Å². The number of piperazine rings is 1. The van der Waals surface area contributed by atoms with Gasteiger partial charge in [-0.1, -0.05) is 24.2 Å². The molecule has 2 aliphatic heterocycles. The Balaban J connectivity index is 1.39. The number of nitrogens with zero attached hydrogens (tertiary/aromatic N) is 6. The van der Waals surface area contributed by atoms with Gasteiger partial charge >= 0.3 is 6.01 Å². The lowest BCUT2D eigenvalue weighted by Crippen LogP contribution is -2.56. The van der Waals surface area contributed by atoms with Gasteiger partial charge in [-0.3, -0.25) is 14.8 Å². The molecule has 1 unspecified atom stereocenters. The molecule has 0 radical (unpaired) electrons. The lowest BCUT2D eigenvalue weighted by molar-refractivity contribution is -0.131. The van der Waals surface area contributed by atoms with E-state index in [9.17, 15) is 13.6 Å². The zero-order chi connectivity index (χ0) is 30.5. The van der Waals surface area contributed by atoms with Crippen molar-refractivity contribution >= 4 is 45.1 Å². The fourth-order valence-electron chi connectivity index (χ4n) is 5.97. The Labute approximate surface area is 251 Å². The molecule has 2 aliphatic rings. The standard InChI is InChI=1S/C30H31ClF3N7O2/c1-4-23(42)41-10-9-40(14-18(41)3)28-19-12-21(31)25(24-17(2)6-7-22-20(24)13-35-38-22)26(32)27(19)36-29(37-28)43-11-5-8-39-15-30(33,34)16-39/h4,6-7,12-13,18H,1,5,8-11,14-16H2,2-3H3,(H,35,38). The minimum absolute atomic E-state index is 0.0286. The summed E-state index contributed by atoms with van der Waals surface area (Å²) in [4.78, 5) is 26.8. The molecule has 9 nitrogen and oxygen atoms in total. The SMILES string of the molecule is C=CC(=O)N1CCN(c2nc(OCCCN3CC(F)(F)C3)nc3c(F)c(-c4c(C)ccc5[nH]ncc45)c(Cl)cc23)CC1C. The second-order valence-corrected chi connectivity index (χ2v) is 11.6. The van der Waals surface area contributed by atoms with Crippen LogP contribution in [0.1, 0.15) is 18.9 Å². The fraction of sp³-hybridized carbons (Fsp3) is 0.400. The van der Waals surface area contributed by atoms with Crippen LogP contribution in [0, 0.1) is 12.7 Å². The third-order valence-corrected chi connectivity index (χ3v) is 8.37. The van der Waals surface area contributed by atoms with Crippen LogP contribution < -0.4 is 9.64 Å². The number of aromatic nitrogens is 4.